The summed E-state index contributed by atoms with van der Waals surface area (Å²) in [4.78, 5) is 56.0. The minimum Gasteiger partial charge on any atom is -0.462 e. The van der Waals surface area contributed by atoms with Crippen molar-refractivity contribution in [1.29, 1.82) is 0 Å². The third kappa shape index (κ3) is 41.4. The van der Waals surface area contributed by atoms with Gasteiger partial charge in [0, 0.05) is 19.4 Å². The first-order chi connectivity index (χ1) is 33.0. The van der Waals surface area contributed by atoms with Crippen LogP contribution >= 0.6 is 0 Å². The second kappa shape index (κ2) is 48.3. The summed E-state index contributed by atoms with van der Waals surface area (Å²) in [7, 11) is 4.01. The molecule has 0 N–H and O–H groups in total. The van der Waals surface area contributed by atoms with Gasteiger partial charge in [0.05, 0.1) is 0 Å². The van der Waals surface area contributed by atoms with E-state index in [1.165, 1.54) is 77.0 Å². The first kappa shape index (κ1) is 65.6. The SMILES string of the molecule is CCCCCCC(CCCCCC)OC(=O)CCCCCCCCC(CCCCCCCCC(=O)OC(CCCCCC)CCCCCC)OC(=O)N(CCCN(C)C)CC(=O)OC(CC)CC. The summed E-state index contributed by atoms with van der Waals surface area (Å²) < 4.78 is 23.9. The van der Waals surface area contributed by atoms with Gasteiger partial charge in [0.2, 0.25) is 0 Å². The molecule has 10 heteroatoms. The van der Waals surface area contributed by atoms with Crippen LogP contribution < -0.4 is 0 Å². The van der Waals surface area contributed by atoms with Crippen molar-refractivity contribution < 1.29 is 38.1 Å². The van der Waals surface area contributed by atoms with Gasteiger partial charge in [-0.3, -0.25) is 19.3 Å². The molecule has 0 atom stereocenters. The van der Waals surface area contributed by atoms with Crippen LogP contribution in [0.1, 0.15) is 292 Å². The Morgan fingerprint density at radius 2 is 0.647 bits per heavy atom. The highest BCUT2D eigenvalue weighted by Gasteiger charge is 2.24. The quantitative estimate of drug-likeness (QED) is 0.0334. The standard InChI is InChI=1S/C58H112N2O8/c1-9-15-19-31-40-52(41-32-20-16-10-2)66-55(61)46-37-29-25-23-27-35-44-54(68-58(64)60(49-39-48-59(7)8)50-57(63)65-51(13-5)14-6)45-36-28-24-26-30-38-47-56(62)67-53(42-33-21-17-11-3)43-34-22-18-12-4/h51-54H,9-50H2,1-8H3. The molecule has 0 aromatic rings. The maximum Gasteiger partial charge on any atom is 0.410 e. The molecule has 0 heterocycles. The van der Waals surface area contributed by atoms with Gasteiger partial charge in [0.15, 0.2) is 0 Å². The second-order valence-corrected chi connectivity index (χ2v) is 20.5. The smallest absolute Gasteiger partial charge is 0.410 e. The van der Waals surface area contributed by atoms with Crippen molar-refractivity contribution in [2.24, 2.45) is 0 Å². The predicted molar refractivity (Wildman–Crippen MR) is 284 cm³/mol. The minimum atomic E-state index is -0.428. The number of unbranched alkanes of at least 4 members (excludes halogenated alkanes) is 22. The van der Waals surface area contributed by atoms with Crippen molar-refractivity contribution in [3.05, 3.63) is 0 Å². The maximum atomic E-state index is 13.8. The van der Waals surface area contributed by atoms with Crippen LogP contribution in [-0.4, -0.2) is 91.9 Å². The molecule has 0 rings (SSSR count). The van der Waals surface area contributed by atoms with Crippen molar-refractivity contribution in [3.63, 3.8) is 0 Å². The Labute approximate surface area is 420 Å². The van der Waals surface area contributed by atoms with Crippen molar-refractivity contribution in [2.75, 3.05) is 33.7 Å². The van der Waals surface area contributed by atoms with Crippen molar-refractivity contribution >= 4 is 24.0 Å². The summed E-state index contributed by atoms with van der Waals surface area (Å²) in [6.45, 7) is 14.1. The summed E-state index contributed by atoms with van der Waals surface area (Å²) in [6.07, 6.45) is 39.5. The van der Waals surface area contributed by atoms with E-state index in [0.29, 0.717) is 19.4 Å². The molecule has 0 bridgehead atoms. The maximum absolute atomic E-state index is 13.8. The van der Waals surface area contributed by atoms with Crippen LogP contribution in [0.15, 0.2) is 0 Å². The van der Waals surface area contributed by atoms with Gasteiger partial charge in [-0.1, -0.05) is 170 Å². The molecular formula is C58H112N2O8. The molecule has 0 saturated heterocycles. The number of ether oxygens (including phenoxy) is 4. The van der Waals surface area contributed by atoms with Crippen LogP contribution in [0, 0.1) is 0 Å². The Bertz CT molecular complexity index is 1080. The molecule has 0 aliphatic carbocycles. The average Bonchev–Trinajstić information content (AvgIpc) is 3.31. The number of hydrogen-bond donors (Lipinski definition) is 0. The lowest BCUT2D eigenvalue weighted by Crippen LogP contribution is -2.40. The molecule has 0 spiro atoms. The van der Waals surface area contributed by atoms with E-state index in [2.05, 4.69) is 32.6 Å². The van der Waals surface area contributed by atoms with Crippen molar-refractivity contribution in [2.45, 2.75) is 316 Å². The summed E-state index contributed by atoms with van der Waals surface area (Å²) in [5.74, 6) is -0.446. The molecule has 0 aromatic carbocycles. The zero-order valence-electron chi connectivity index (χ0n) is 46.2. The van der Waals surface area contributed by atoms with Crippen molar-refractivity contribution in [1.82, 2.24) is 9.80 Å². The normalized spacial score (nSPS) is 11.7. The summed E-state index contributed by atoms with van der Waals surface area (Å²) in [5.41, 5.74) is 0. The summed E-state index contributed by atoms with van der Waals surface area (Å²) >= 11 is 0. The molecule has 0 saturated carbocycles. The first-order valence-corrected chi connectivity index (χ1v) is 29.2. The van der Waals surface area contributed by atoms with E-state index >= 15 is 0 Å². The van der Waals surface area contributed by atoms with Crippen LogP contribution in [-0.2, 0) is 33.3 Å². The van der Waals surface area contributed by atoms with Gasteiger partial charge in [0.25, 0.3) is 0 Å². The number of carbonyl (C=O) groups excluding carboxylic acids is 4. The average molecular weight is 966 g/mol. The lowest BCUT2D eigenvalue weighted by molar-refractivity contribution is -0.151. The lowest BCUT2D eigenvalue weighted by Gasteiger charge is -2.26. The van der Waals surface area contributed by atoms with Crippen molar-refractivity contribution in [3.8, 4) is 0 Å². The van der Waals surface area contributed by atoms with E-state index in [1.807, 2.05) is 27.9 Å². The Kier molecular flexibility index (Phi) is 46.6. The van der Waals surface area contributed by atoms with E-state index in [9.17, 15) is 19.2 Å². The second-order valence-electron chi connectivity index (χ2n) is 20.5. The topological polar surface area (TPSA) is 112 Å². The third-order valence-electron chi connectivity index (χ3n) is 13.5. The van der Waals surface area contributed by atoms with Gasteiger partial charge >= 0.3 is 24.0 Å². The fraction of sp³-hybridized carbons (Fsp3) is 0.931. The fourth-order valence-electron chi connectivity index (χ4n) is 9.03. The fourth-order valence-corrected chi connectivity index (χ4v) is 9.03. The molecule has 0 fully saturated rings. The van der Waals surface area contributed by atoms with E-state index in [-0.39, 0.29) is 48.9 Å². The number of nitrogens with zero attached hydrogens (tertiary/aromatic N) is 2. The number of hydrogen-bond acceptors (Lipinski definition) is 9. The molecule has 0 radical (unpaired) electrons. The number of carbonyl (C=O) groups is 4. The molecule has 402 valence electrons. The zero-order chi connectivity index (χ0) is 50.3. The molecule has 0 aromatic heterocycles. The Morgan fingerprint density at radius 3 is 0.985 bits per heavy atom. The first-order valence-electron chi connectivity index (χ1n) is 29.2. The minimum absolute atomic E-state index is 0.0322. The van der Waals surface area contributed by atoms with E-state index in [1.54, 1.807) is 4.90 Å². The highest BCUT2D eigenvalue weighted by Crippen LogP contribution is 2.22. The van der Waals surface area contributed by atoms with Crippen LogP contribution in [0.5, 0.6) is 0 Å². The Morgan fingerprint density at radius 1 is 0.338 bits per heavy atom. The van der Waals surface area contributed by atoms with E-state index in [4.69, 9.17) is 18.9 Å². The third-order valence-corrected chi connectivity index (χ3v) is 13.5. The van der Waals surface area contributed by atoms with Gasteiger partial charge in [-0.25, -0.2) is 4.79 Å². The number of rotatable bonds is 50. The molecule has 0 aliphatic heterocycles. The molecular weight excluding hydrogens is 853 g/mol. The van der Waals surface area contributed by atoms with Gasteiger partial charge in [0.1, 0.15) is 31.0 Å². The monoisotopic (exact) mass is 965 g/mol. The van der Waals surface area contributed by atoms with Gasteiger partial charge in [-0.2, -0.15) is 0 Å². The van der Waals surface area contributed by atoms with Crippen LogP contribution in [0.2, 0.25) is 0 Å². The predicted octanol–water partition coefficient (Wildman–Crippen LogP) is 16.4. The lowest BCUT2D eigenvalue weighted by atomic mass is 10.0. The molecule has 10 nitrogen and oxygen atoms in total. The van der Waals surface area contributed by atoms with Crippen LogP contribution in [0.3, 0.4) is 0 Å². The summed E-state index contributed by atoms with van der Waals surface area (Å²) in [5, 5.41) is 0. The van der Waals surface area contributed by atoms with Gasteiger partial charge < -0.3 is 23.8 Å². The molecule has 68 heavy (non-hydrogen) atoms. The number of esters is 3. The van der Waals surface area contributed by atoms with Gasteiger partial charge in [-0.05, 0) is 130 Å². The molecule has 1 amide bonds. The van der Waals surface area contributed by atoms with E-state index < -0.39 is 6.09 Å². The molecule has 0 unspecified atom stereocenters. The Hall–Kier alpha value is -2.36. The van der Waals surface area contributed by atoms with Gasteiger partial charge in [-0.15, -0.1) is 0 Å². The highest BCUT2D eigenvalue weighted by atomic mass is 16.6. The van der Waals surface area contributed by atoms with Crippen LogP contribution in [0.25, 0.3) is 0 Å². The summed E-state index contributed by atoms with van der Waals surface area (Å²) in [6, 6.07) is 0. The zero-order valence-corrected chi connectivity index (χ0v) is 46.2. The van der Waals surface area contributed by atoms with E-state index in [0.717, 1.165) is 167 Å². The largest absolute Gasteiger partial charge is 0.462 e. The Balaban J connectivity index is 5.15. The molecule has 0 aliphatic rings. The highest BCUT2D eigenvalue weighted by molar-refractivity contribution is 5.78. The number of amides is 1. The van der Waals surface area contributed by atoms with Crippen LogP contribution in [0.4, 0.5) is 4.79 Å².